The van der Waals surface area contributed by atoms with E-state index in [1.54, 1.807) is 23.1 Å². The number of carbonyl (C=O) groups is 1. The average Bonchev–Trinajstić information content (AvgIpc) is 3.16. The molecule has 1 aliphatic heterocycles. The summed E-state index contributed by atoms with van der Waals surface area (Å²) in [5.41, 5.74) is 0.927. The number of aromatic nitrogens is 4. The monoisotopic (exact) mass is 353 g/mol. The Kier molecular flexibility index (Phi) is 5.46. The van der Waals surface area contributed by atoms with Crippen LogP contribution in [0.1, 0.15) is 48.8 Å². The van der Waals surface area contributed by atoms with Crippen molar-refractivity contribution in [3.63, 3.8) is 0 Å². The highest BCUT2D eigenvalue weighted by Crippen LogP contribution is 2.25. The predicted molar refractivity (Wildman–Crippen MR) is 96.6 cm³/mol. The van der Waals surface area contributed by atoms with E-state index in [1.165, 1.54) is 0 Å². The fraction of sp³-hybridized carbons (Fsp3) is 0.500. The summed E-state index contributed by atoms with van der Waals surface area (Å²) in [6.07, 6.45) is 5.13. The van der Waals surface area contributed by atoms with E-state index in [2.05, 4.69) is 31.6 Å². The fourth-order valence-corrected chi connectivity index (χ4v) is 2.95. The molecule has 8 heteroatoms. The average molecular weight is 353 g/mol. The molecular weight excluding hydrogens is 330 g/mol. The molecule has 1 fully saturated rings. The fourth-order valence-electron chi connectivity index (χ4n) is 2.95. The zero-order valence-electron chi connectivity index (χ0n) is 15.1. The second-order valence-corrected chi connectivity index (χ2v) is 6.92. The Hall–Kier alpha value is -2.95. The number of rotatable bonds is 5. The normalized spacial score (nSPS) is 15.1. The molecule has 2 aromatic heterocycles. The van der Waals surface area contributed by atoms with Gasteiger partial charge in [0.25, 0.3) is 5.91 Å². The molecule has 8 nitrogen and oxygen atoms in total. The van der Waals surface area contributed by atoms with E-state index in [-0.39, 0.29) is 11.9 Å². The Morgan fingerprint density at radius 1 is 1.38 bits per heavy atom. The zero-order valence-corrected chi connectivity index (χ0v) is 15.1. The molecule has 0 unspecified atom stereocenters. The number of nitrogens with one attached hydrogen (secondary N) is 1. The number of pyridine rings is 1. The number of hydrogen-bond donors (Lipinski definition) is 1. The number of piperidine rings is 1. The minimum absolute atomic E-state index is 0.177. The van der Waals surface area contributed by atoms with Gasteiger partial charge in [-0.2, -0.15) is 5.26 Å². The molecule has 1 saturated heterocycles. The number of anilines is 1. The third kappa shape index (κ3) is 4.17. The van der Waals surface area contributed by atoms with Gasteiger partial charge in [-0.15, -0.1) is 5.10 Å². The molecule has 0 aliphatic carbocycles. The molecule has 0 radical (unpaired) electrons. The summed E-state index contributed by atoms with van der Waals surface area (Å²) in [5, 5.41) is 19.9. The lowest BCUT2D eigenvalue weighted by Gasteiger charge is -2.32. The van der Waals surface area contributed by atoms with Crippen LogP contribution in [0.2, 0.25) is 0 Å². The molecule has 1 N–H and O–H groups in total. The van der Waals surface area contributed by atoms with Crippen molar-refractivity contribution in [3.8, 4) is 6.07 Å². The van der Waals surface area contributed by atoms with Crippen LogP contribution < -0.4 is 10.2 Å². The van der Waals surface area contributed by atoms with Gasteiger partial charge in [0.2, 0.25) is 0 Å². The van der Waals surface area contributed by atoms with Crippen molar-refractivity contribution in [3.05, 3.63) is 35.8 Å². The first-order chi connectivity index (χ1) is 12.6. The maximum Gasteiger partial charge on any atom is 0.273 e. The first-order valence-corrected chi connectivity index (χ1v) is 8.88. The van der Waals surface area contributed by atoms with Crippen LogP contribution in [-0.2, 0) is 0 Å². The lowest BCUT2D eigenvalue weighted by atomic mass is 10.1. The van der Waals surface area contributed by atoms with Gasteiger partial charge < -0.3 is 10.2 Å². The number of nitrogens with zero attached hydrogens (tertiary/aromatic N) is 6. The Morgan fingerprint density at radius 2 is 2.15 bits per heavy atom. The van der Waals surface area contributed by atoms with Crippen molar-refractivity contribution in [2.45, 2.75) is 32.7 Å². The van der Waals surface area contributed by atoms with Crippen LogP contribution in [0.25, 0.3) is 0 Å². The van der Waals surface area contributed by atoms with E-state index in [4.69, 9.17) is 5.26 Å². The second-order valence-electron chi connectivity index (χ2n) is 6.92. The van der Waals surface area contributed by atoms with Gasteiger partial charge in [0, 0.05) is 25.8 Å². The lowest BCUT2D eigenvalue weighted by molar-refractivity contribution is 0.0944. The maximum atomic E-state index is 12.1. The van der Waals surface area contributed by atoms with Crippen molar-refractivity contribution in [1.82, 2.24) is 25.3 Å². The molecule has 2 aromatic rings. The van der Waals surface area contributed by atoms with Gasteiger partial charge >= 0.3 is 0 Å². The Balaban J connectivity index is 1.56. The highest BCUT2D eigenvalue weighted by atomic mass is 16.2. The minimum atomic E-state index is -0.177. The molecule has 1 aliphatic rings. The van der Waals surface area contributed by atoms with Crippen LogP contribution in [0, 0.1) is 17.2 Å². The number of amides is 1. The summed E-state index contributed by atoms with van der Waals surface area (Å²) in [5.74, 6) is 1.10. The largest absolute Gasteiger partial charge is 0.356 e. The summed E-state index contributed by atoms with van der Waals surface area (Å²) in [6.45, 7) is 6.42. The minimum Gasteiger partial charge on any atom is -0.356 e. The Morgan fingerprint density at radius 3 is 2.77 bits per heavy atom. The van der Waals surface area contributed by atoms with E-state index >= 15 is 0 Å². The van der Waals surface area contributed by atoms with Gasteiger partial charge in [0.15, 0.2) is 5.69 Å². The van der Waals surface area contributed by atoms with E-state index in [1.807, 2.05) is 19.9 Å². The topological polar surface area (TPSA) is 99.7 Å². The van der Waals surface area contributed by atoms with Gasteiger partial charge in [-0.3, -0.25) is 4.79 Å². The van der Waals surface area contributed by atoms with E-state index in [0.29, 0.717) is 23.7 Å². The van der Waals surface area contributed by atoms with Gasteiger partial charge in [0.05, 0.1) is 17.8 Å². The smallest absolute Gasteiger partial charge is 0.273 e. The van der Waals surface area contributed by atoms with Crippen molar-refractivity contribution >= 4 is 11.7 Å². The molecule has 3 rings (SSSR count). The van der Waals surface area contributed by atoms with Gasteiger partial charge in [-0.25, -0.2) is 9.67 Å². The molecular formula is C18H23N7O. The van der Waals surface area contributed by atoms with E-state index in [9.17, 15) is 4.79 Å². The third-order valence-corrected chi connectivity index (χ3v) is 4.45. The molecule has 1 amide bonds. The Bertz CT molecular complexity index is 783. The molecule has 0 spiro atoms. The summed E-state index contributed by atoms with van der Waals surface area (Å²) in [4.78, 5) is 18.6. The SMILES string of the molecule is CC(C)CNC(=O)c1cn(C2CCN(c3ccc(C#N)cn3)CC2)nn1. The summed E-state index contributed by atoms with van der Waals surface area (Å²) < 4.78 is 1.80. The van der Waals surface area contributed by atoms with Gasteiger partial charge in [-0.05, 0) is 30.9 Å². The molecule has 0 bridgehead atoms. The lowest BCUT2D eigenvalue weighted by Crippen LogP contribution is -2.35. The highest BCUT2D eigenvalue weighted by molar-refractivity contribution is 5.91. The summed E-state index contributed by atoms with van der Waals surface area (Å²) >= 11 is 0. The number of carbonyl (C=O) groups excluding carboxylic acids is 1. The molecule has 0 aromatic carbocycles. The quantitative estimate of drug-likeness (QED) is 0.879. The van der Waals surface area contributed by atoms with Crippen LogP contribution in [0.15, 0.2) is 24.5 Å². The summed E-state index contributed by atoms with van der Waals surface area (Å²) in [7, 11) is 0. The van der Waals surface area contributed by atoms with Crippen molar-refractivity contribution in [2.75, 3.05) is 24.5 Å². The Labute approximate surface area is 152 Å². The van der Waals surface area contributed by atoms with Crippen LogP contribution in [0.5, 0.6) is 0 Å². The zero-order chi connectivity index (χ0) is 18.5. The van der Waals surface area contributed by atoms with Crippen molar-refractivity contribution in [2.24, 2.45) is 5.92 Å². The van der Waals surface area contributed by atoms with Gasteiger partial charge in [0.1, 0.15) is 11.9 Å². The number of nitriles is 1. The molecule has 3 heterocycles. The van der Waals surface area contributed by atoms with Crippen LogP contribution >= 0.6 is 0 Å². The highest BCUT2D eigenvalue weighted by Gasteiger charge is 2.23. The van der Waals surface area contributed by atoms with Gasteiger partial charge in [-0.1, -0.05) is 19.1 Å². The predicted octanol–water partition coefficient (Wildman–Crippen LogP) is 1.77. The molecule has 26 heavy (non-hydrogen) atoms. The molecule has 0 atom stereocenters. The van der Waals surface area contributed by atoms with E-state index < -0.39 is 0 Å². The number of hydrogen-bond acceptors (Lipinski definition) is 6. The first-order valence-electron chi connectivity index (χ1n) is 8.88. The molecule has 0 saturated carbocycles. The van der Waals surface area contributed by atoms with Crippen LogP contribution in [0.3, 0.4) is 0 Å². The van der Waals surface area contributed by atoms with Crippen LogP contribution in [-0.4, -0.2) is 45.5 Å². The van der Waals surface area contributed by atoms with Crippen molar-refractivity contribution in [1.29, 1.82) is 5.26 Å². The third-order valence-electron chi connectivity index (χ3n) is 4.45. The van der Waals surface area contributed by atoms with Crippen LogP contribution in [0.4, 0.5) is 5.82 Å². The molecule has 136 valence electrons. The summed E-state index contributed by atoms with van der Waals surface area (Å²) in [6, 6.07) is 5.97. The second kappa shape index (κ2) is 7.95. The first kappa shape index (κ1) is 17.9. The standard InChI is InChI=1S/C18H23N7O/c1-13(2)10-21-18(26)16-12-25(23-22-16)15-5-7-24(8-6-15)17-4-3-14(9-19)11-20-17/h3-4,11-13,15H,5-8,10H2,1-2H3,(H,21,26). The van der Waals surface area contributed by atoms with E-state index in [0.717, 1.165) is 31.7 Å². The maximum absolute atomic E-state index is 12.1. The van der Waals surface area contributed by atoms with Crippen molar-refractivity contribution < 1.29 is 4.79 Å².